The zero-order valence-corrected chi connectivity index (χ0v) is 15.0. The van der Waals surface area contributed by atoms with Crippen LogP contribution in [0.15, 0.2) is 59.1 Å². The van der Waals surface area contributed by atoms with Crippen molar-refractivity contribution in [2.45, 2.75) is 18.8 Å². The van der Waals surface area contributed by atoms with Crippen molar-refractivity contribution in [3.8, 4) is 0 Å². The minimum absolute atomic E-state index is 0.0499. The number of rotatable bonds is 2. The molecule has 0 N–H and O–H groups in total. The maximum Gasteiger partial charge on any atom is 0.238 e. The van der Waals surface area contributed by atoms with Gasteiger partial charge in [-0.3, -0.25) is 19.3 Å². The van der Waals surface area contributed by atoms with Crippen molar-refractivity contribution < 1.29 is 14.4 Å². The molecule has 2 aliphatic rings. The van der Waals surface area contributed by atoms with Gasteiger partial charge in [0.05, 0.1) is 17.5 Å². The smallest absolute Gasteiger partial charge is 0.238 e. The van der Waals surface area contributed by atoms with Crippen molar-refractivity contribution in [1.82, 2.24) is 0 Å². The Balaban J connectivity index is 1.75. The van der Waals surface area contributed by atoms with Gasteiger partial charge in [-0.1, -0.05) is 46.3 Å². The number of halogens is 1. The fraction of sp³-hybridized carbons (Fsp3) is 0.250. The normalized spacial score (nSPS) is 26.0. The second-order valence-electron chi connectivity index (χ2n) is 6.58. The van der Waals surface area contributed by atoms with Gasteiger partial charge < -0.3 is 0 Å². The highest BCUT2D eigenvalue weighted by molar-refractivity contribution is 9.10. The van der Waals surface area contributed by atoms with E-state index in [1.165, 1.54) is 4.90 Å². The average Bonchev–Trinajstić information content (AvgIpc) is 2.87. The quantitative estimate of drug-likeness (QED) is 0.725. The minimum atomic E-state index is -0.553. The molecule has 1 unspecified atom stereocenters. The molecule has 1 aliphatic heterocycles. The van der Waals surface area contributed by atoms with Gasteiger partial charge in [-0.05, 0) is 29.8 Å². The molecule has 2 fully saturated rings. The van der Waals surface area contributed by atoms with Crippen LogP contribution in [0, 0.1) is 11.8 Å². The predicted octanol–water partition coefficient (Wildman–Crippen LogP) is 3.70. The molecule has 2 amide bonds. The number of anilines is 1. The third-order valence-electron chi connectivity index (χ3n) is 5.12. The largest absolute Gasteiger partial charge is 0.300 e. The Bertz CT molecular complexity index is 847. The molecule has 0 bridgehead atoms. The van der Waals surface area contributed by atoms with Gasteiger partial charge in [-0.2, -0.15) is 0 Å². The Labute approximate surface area is 154 Å². The molecular weight excluding hydrogens is 382 g/mol. The fourth-order valence-corrected chi connectivity index (χ4v) is 4.25. The SMILES string of the molecule is O=C1CC(c2ccccc2)[C@H]2C(=O)N(c3ccc(Br)cc3)C(=O)[C@H]2C1. The molecule has 5 heteroatoms. The van der Waals surface area contributed by atoms with Crippen LogP contribution in [0.5, 0.6) is 0 Å². The first-order chi connectivity index (χ1) is 12.1. The number of Topliss-reactive ketones (excluding diaryl/α,β-unsaturated/α-hetero) is 1. The van der Waals surface area contributed by atoms with Gasteiger partial charge in [-0.25, -0.2) is 0 Å². The molecule has 4 rings (SSSR count). The summed E-state index contributed by atoms with van der Waals surface area (Å²) in [6, 6.07) is 16.7. The molecule has 0 aromatic heterocycles. The Morgan fingerprint density at radius 1 is 0.800 bits per heavy atom. The number of fused-ring (bicyclic) bond motifs is 1. The number of nitrogens with zero attached hydrogens (tertiary/aromatic N) is 1. The average molecular weight is 398 g/mol. The van der Waals surface area contributed by atoms with Crippen LogP contribution in [-0.4, -0.2) is 17.6 Å². The summed E-state index contributed by atoms with van der Waals surface area (Å²) in [4.78, 5) is 39.5. The van der Waals surface area contributed by atoms with E-state index in [4.69, 9.17) is 0 Å². The first-order valence-corrected chi connectivity index (χ1v) is 9.05. The van der Waals surface area contributed by atoms with Crippen LogP contribution in [-0.2, 0) is 14.4 Å². The third-order valence-corrected chi connectivity index (χ3v) is 5.65. The maximum absolute atomic E-state index is 13.1. The monoisotopic (exact) mass is 397 g/mol. The molecule has 4 nitrogen and oxygen atoms in total. The number of hydrogen-bond donors (Lipinski definition) is 0. The second-order valence-corrected chi connectivity index (χ2v) is 7.50. The molecule has 126 valence electrons. The first-order valence-electron chi connectivity index (χ1n) is 8.26. The highest BCUT2D eigenvalue weighted by Gasteiger charge is 2.54. The molecule has 2 aromatic rings. The van der Waals surface area contributed by atoms with E-state index in [9.17, 15) is 14.4 Å². The van der Waals surface area contributed by atoms with Crippen molar-refractivity contribution in [3.63, 3.8) is 0 Å². The Hall–Kier alpha value is -2.27. The zero-order chi connectivity index (χ0) is 17.6. The Kier molecular flexibility index (Phi) is 4.04. The van der Waals surface area contributed by atoms with Gasteiger partial charge in [0.15, 0.2) is 0 Å². The van der Waals surface area contributed by atoms with E-state index in [1.54, 1.807) is 24.3 Å². The van der Waals surface area contributed by atoms with Crippen LogP contribution in [0.1, 0.15) is 24.3 Å². The van der Waals surface area contributed by atoms with Crippen LogP contribution >= 0.6 is 15.9 Å². The van der Waals surface area contributed by atoms with Gasteiger partial charge in [0, 0.05) is 23.2 Å². The lowest BCUT2D eigenvalue weighted by Crippen LogP contribution is -2.34. The number of benzene rings is 2. The summed E-state index contributed by atoms with van der Waals surface area (Å²) in [6.07, 6.45) is 0.476. The van der Waals surface area contributed by atoms with E-state index in [0.717, 1.165) is 10.0 Å². The van der Waals surface area contributed by atoms with Crippen LogP contribution in [0.2, 0.25) is 0 Å². The molecule has 1 saturated heterocycles. The van der Waals surface area contributed by atoms with Gasteiger partial charge in [-0.15, -0.1) is 0 Å². The second kappa shape index (κ2) is 6.23. The summed E-state index contributed by atoms with van der Waals surface area (Å²) in [7, 11) is 0. The zero-order valence-electron chi connectivity index (χ0n) is 13.4. The van der Waals surface area contributed by atoms with E-state index >= 15 is 0 Å². The molecule has 25 heavy (non-hydrogen) atoms. The summed E-state index contributed by atoms with van der Waals surface area (Å²) >= 11 is 3.36. The van der Waals surface area contributed by atoms with Gasteiger partial charge in [0.25, 0.3) is 0 Å². The summed E-state index contributed by atoms with van der Waals surface area (Å²) in [5.74, 6) is -1.65. The van der Waals surface area contributed by atoms with Crippen LogP contribution < -0.4 is 4.90 Å². The fourth-order valence-electron chi connectivity index (χ4n) is 3.99. The lowest BCUT2D eigenvalue weighted by molar-refractivity contribution is -0.130. The first kappa shape index (κ1) is 16.2. The maximum atomic E-state index is 13.1. The molecule has 1 aliphatic carbocycles. The van der Waals surface area contributed by atoms with Crippen LogP contribution in [0.3, 0.4) is 0 Å². The van der Waals surface area contributed by atoms with Crippen molar-refractivity contribution in [3.05, 3.63) is 64.6 Å². The van der Waals surface area contributed by atoms with Crippen LogP contribution in [0.25, 0.3) is 0 Å². The number of hydrogen-bond acceptors (Lipinski definition) is 3. The number of ketones is 1. The van der Waals surface area contributed by atoms with Crippen LogP contribution in [0.4, 0.5) is 5.69 Å². The standard InChI is InChI=1S/C20H16BrNO3/c21-13-6-8-14(9-7-13)22-19(24)17-11-15(23)10-16(18(17)20(22)25)12-4-2-1-3-5-12/h1-9,16-18H,10-11H2/t16?,17-,18+/m0/s1. The highest BCUT2D eigenvalue weighted by atomic mass is 79.9. The summed E-state index contributed by atoms with van der Waals surface area (Å²) in [5.41, 5.74) is 1.51. The van der Waals surface area contributed by atoms with Gasteiger partial charge in [0.1, 0.15) is 5.78 Å². The molecule has 3 atom stereocenters. The number of amides is 2. The van der Waals surface area contributed by atoms with E-state index < -0.39 is 11.8 Å². The lowest BCUT2D eigenvalue weighted by atomic mass is 9.70. The topological polar surface area (TPSA) is 54.5 Å². The van der Waals surface area contributed by atoms with Crippen molar-refractivity contribution >= 4 is 39.2 Å². The summed E-state index contributed by atoms with van der Waals surface area (Å²) in [6.45, 7) is 0. The van der Waals surface area contributed by atoms with E-state index in [0.29, 0.717) is 12.1 Å². The summed E-state index contributed by atoms with van der Waals surface area (Å²) < 4.78 is 0.880. The lowest BCUT2D eigenvalue weighted by Gasteiger charge is -2.29. The molecule has 1 saturated carbocycles. The number of carbonyl (C=O) groups excluding carboxylic acids is 3. The highest BCUT2D eigenvalue weighted by Crippen LogP contribution is 2.46. The van der Waals surface area contributed by atoms with E-state index in [2.05, 4.69) is 15.9 Å². The number of imide groups is 1. The minimum Gasteiger partial charge on any atom is -0.300 e. The predicted molar refractivity (Wildman–Crippen MR) is 97.0 cm³/mol. The Morgan fingerprint density at radius 3 is 2.12 bits per heavy atom. The number of carbonyl (C=O) groups is 3. The Morgan fingerprint density at radius 2 is 1.44 bits per heavy atom. The van der Waals surface area contributed by atoms with Gasteiger partial charge >= 0.3 is 0 Å². The molecular formula is C20H16BrNO3. The molecule has 0 radical (unpaired) electrons. The van der Waals surface area contributed by atoms with Crippen molar-refractivity contribution in [2.24, 2.45) is 11.8 Å². The molecule has 1 heterocycles. The van der Waals surface area contributed by atoms with Gasteiger partial charge in [0.2, 0.25) is 11.8 Å². The summed E-state index contributed by atoms with van der Waals surface area (Å²) in [5, 5.41) is 0. The van der Waals surface area contributed by atoms with Crippen molar-refractivity contribution in [2.75, 3.05) is 4.90 Å². The molecule has 2 aromatic carbocycles. The third kappa shape index (κ3) is 2.72. The van der Waals surface area contributed by atoms with E-state index in [1.807, 2.05) is 30.3 Å². The van der Waals surface area contributed by atoms with Crippen molar-refractivity contribution in [1.29, 1.82) is 0 Å². The molecule has 0 spiro atoms. The van der Waals surface area contributed by atoms with E-state index in [-0.39, 0.29) is 29.9 Å².